The molecule has 0 aromatic heterocycles. The van der Waals surface area contributed by atoms with Crippen molar-refractivity contribution >= 4 is 34.5 Å². The molecule has 2 nitrogen and oxygen atoms in total. The van der Waals surface area contributed by atoms with Crippen LogP contribution in [0.3, 0.4) is 0 Å². The highest BCUT2D eigenvalue weighted by Crippen LogP contribution is 2.54. The lowest BCUT2D eigenvalue weighted by Crippen LogP contribution is -2.71. The zero-order valence-electron chi connectivity index (χ0n) is 22.0. The number of anilines is 2. The normalized spacial score (nSPS) is 20.5. The minimum absolute atomic E-state index is 0.214. The van der Waals surface area contributed by atoms with Gasteiger partial charge in [-0.2, -0.15) is 0 Å². The van der Waals surface area contributed by atoms with Crippen molar-refractivity contribution in [3.8, 4) is 0 Å². The molecule has 3 heteroatoms. The van der Waals surface area contributed by atoms with Gasteiger partial charge < -0.3 is 10.2 Å². The minimum atomic E-state index is -0.286. The Morgan fingerprint density at radius 3 is 1.87 bits per heavy atom. The molecule has 0 radical (unpaired) electrons. The lowest BCUT2D eigenvalue weighted by Gasteiger charge is -2.59. The zero-order chi connectivity index (χ0) is 25.8. The smallest absolute Gasteiger partial charge is 0.242 e. The van der Waals surface area contributed by atoms with Gasteiger partial charge in [-0.1, -0.05) is 132 Å². The van der Waals surface area contributed by atoms with Crippen LogP contribution >= 0.6 is 0 Å². The number of benzene rings is 5. The molecule has 8 rings (SSSR count). The maximum absolute atomic E-state index is 4.12. The van der Waals surface area contributed by atoms with E-state index < -0.39 is 0 Å². The van der Waals surface area contributed by atoms with Gasteiger partial charge >= 0.3 is 0 Å². The van der Waals surface area contributed by atoms with Crippen LogP contribution in [0.4, 0.5) is 11.4 Å². The van der Waals surface area contributed by atoms with Gasteiger partial charge in [0.15, 0.2) is 0 Å². The maximum Gasteiger partial charge on any atom is 0.242 e. The molecule has 3 aliphatic rings. The van der Waals surface area contributed by atoms with Gasteiger partial charge in [-0.3, -0.25) is 0 Å². The monoisotopic (exact) mass is 502 g/mol. The van der Waals surface area contributed by atoms with Crippen molar-refractivity contribution in [3.05, 3.63) is 150 Å². The predicted molar refractivity (Wildman–Crippen MR) is 164 cm³/mol. The van der Waals surface area contributed by atoms with Crippen LogP contribution in [0.5, 0.6) is 0 Å². The number of hydrogen-bond acceptors (Lipinski definition) is 2. The molecular formula is C36H31BN2. The van der Waals surface area contributed by atoms with Crippen LogP contribution in [0, 0.1) is 0 Å². The lowest BCUT2D eigenvalue weighted by molar-refractivity contribution is 0.266. The van der Waals surface area contributed by atoms with Crippen LogP contribution in [0.1, 0.15) is 29.5 Å². The van der Waals surface area contributed by atoms with Crippen molar-refractivity contribution in [1.82, 2.24) is 5.32 Å². The fraction of sp³-hybridized carbons (Fsp3) is 0.167. The molecule has 5 aromatic rings. The average molecular weight is 502 g/mol. The summed E-state index contributed by atoms with van der Waals surface area (Å²) in [5.74, 6) is 0. The summed E-state index contributed by atoms with van der Waals surface area (Å²) in [6, 6.07) is 50.4. The third-order valence-electron chi connectivity index (χ3n) is 9.37. The van der Waals surface area contributed by atoms with E-state index in [0.717, 1.165) is 13.0 Å². The Hall–Kier alpha value is -4.08. The molecule has 39 heavy (non-hydrogen) atoms. The molecule has 1 saturated heterocycles. The summed E-state index contributed by atoms with van der Waals surface area (Å²) in [6.07, 6.45) is 2.34. The molecule has 0 bridgehead atoms. The van der Waals surface area contributed by atoms with E-state index >= 15 is 0 Å². The van der Waals surface area contributed by atoms with Gasteiger partial charge in [0.2, 0.25) is 6.71 Å². The topological polar surface area (TPSA) is 15.3 Å². The number of hydrogen-bond donors (Lipinski definition) is 1. The van der Waals surface area contributed by atoms with Crippen LogP contribution in [0.25, 0.3) is 0 Å². The molecule has 2 atom stereocenters. The van der Waals surface area contributed by atoms with Gasteiger partial charge in [0, 0.05) is 17.4 Å². The highest BCUT2D eigenvalue weighted by Gasteiger charge is 2.58. The Balaban J connectivity index is 1.48. The molecule has 1 N–H and O–H groups in total. The van der Waals surface area contributed by atoms with E-state index in [1.165, 1.54) is 50.9 Å². The number of piperidine rings is 1. The Kier molecular flexibility index (Phi) is 5.28. The molecule has 5 aromatic carbocycles. The van der Waals surface area contributed by atoms with E-state index in [-0.39, 0.29) is 18.2 Å². The van der Waals surface area contributed by atoms with Crippen molar-refractivity contribution in [1.29, 1.82) is 0 Å². The van der Waals surface area contributed by atoms with Crippen molar-refractivity contribution in [2.45, 2.75) is 30.3 Å². The highest BCUT2D eigenvalue weighted by molar-refractivity contribution is 6.96. The van der Waals surface area contributed by atoms with Gasteiger partial charge in [-0.25, -0.2) is 0 Å². The molecule has 1 spiro atoms. The van der Waals surface area contributed by atoms with E-state index in [1.54, 1.807) is 0 Å². The van der Waals surface area contributed by atoms with Crippen LogP contribution in [-0.4, -0.2) is 25.3 Å². The van der Waals surface area contributed by atoms with Crippen molar-refractivity contribution < 1.29 is 0 Å². The second-order valence-corrected chi connectivity index (χ2v) is 11.2. The van der Waals surface area contributed by atoms with Gasteiger partial charge in [0.05, 0.1) is 11.5 Å². The first-order chi connectivity index (χ1) is 19.4. The Morgan fingerprint density at radius 1 is 0.615 bits per heavy atom. The van der Waals surface area contributed by atoms with Gasteiger partial charge in [-0.05, 0) is 54.3 Å². The third kappa shape index (κ3) is 3.20. The van der Waals surface area contributed by atoms with E-state index in [1.807, 2.05) is 0 Å². The quantitative estimate of drug-likeness (QED) is 0.337. The second-order valence-electron chi connectivity index (χ2n) is 11.2. The van der Waals surface area contributed by atoms with Crippen LogP contribution in [0.15, 0.2) is 133 Å². The van der Waals surface area contributed by atoms with E-state index in [0.29, 0.717) is 6.04 Å². The predicted octanol–water partition coefficient (Wildman–Crippen LogP) is 5.12. The molecule has 3 aliphatic heterocycles. The van der Waals surface area contributed by atoms with Gasteiger partial charge in [0.1, 0.15) is 0 Å². The second kappa shape index (κ2) is 9.00. The van der Waals surface area contributed by atoms with Crippen LogP contribution in [-0.2, 0) is 5.41 Å². The summed E-state index contributed by atoms with van der Waals surface area (Å²) in [4.78, 5) is 2.63. The molecule has 2 unspecified atom stereocenters. The third-order valence-corrected chi connectivity index (χ3v) is 9.37. The van der Waals surface area contributed by atoms with E-state index in [2.05, 4.69) is 144 Å². The summed E-state index contributed by atoms with van der Waals surface area (Å²) in [6.45, 7) is 1.26. The highest BCUT2D eigenvalue weighted by atomic mass is 15.2. The van der Waals surface area contributed by atoms with Crippen LogP contribution < -0.4 is 26.6 Å². The Labute approximate surface area is 231 Å². The standard InChI is InChI=1S/C36H31BN2/c1-3-14-26(15-4-1)37-31-21-10-7-18-28(31)36(29-19-8-11-22-32(29)37)30-20-9-12-23-33(30)39(27-16-5-2-6-17-27)34-24-13-25-38-35(34)36/h1-12,14-23,34-35,38H,13,24-25H2. The molecule has 0 saturated carbocycles. The number of fused-ring (bicyclic) bond motifs is 8. The summed E-state index contributed by atoms with van der Waals surface area (Å²) in [5, 5.41) is 4.12. The number of para-hydroxylation sites is 2. The fourth-order valence-corrected chi connectivity index (χ4v) is 8.03. The number of rotatable bonds is 2. The molecule has 188 valence electrons. The lowest BCUT2D eigenvalue weighted by atomic mass is 9.30. The van der Waals surface area contributed by atoms with Gasteiger partial charge in [0.25, 0.3) is 0 Å². The summed E-state index contributed by atoms with van der Waals surface area (Å²) < 4.78 is 0. The molecule has 0 aliphatic carbocycles. The van der Waals surface area contributed by atoms with Crippen molar-refractivity contribution in [2.75, 3.05) is 11.4 Å². The molecule has 0 amide bonds. The molecular weight excluding hydrogens is 471 g/mol. The molecule has 3 heterocycles. The van der Waals surface area contributed by atoms with Crippen molar-refractivity contribution in [3.63, 3.8) is 0 Å². The first-order valence-electron chi connectivity index (χ1n) is 14.3. The van der Waals surface area contributed by atoms with E-state index in [4.69, 9.17) is 0 Å². The van der Waals surface area contributed by atoms with E-state index in [9.17, 15) is 0 Å². The average Bonchev–Trinajstić information content (AvgIpc) is 3.02. The summed E-state index contributed by atoms with van der Waals surface area (Å²) in [7, 11) is 0. The Bertz CT molecular complexity index is 1600. The SMILES string of the molecule is c1ccc(B2c3ccccc3C3(c4ccccc42)c2ccccc2N(c2ccccc2)C2CCCNC23)cc1. The summed E-state index contributed by atoms with van der Waals surface area (Å²) in [5.41, 5.74) is 10.8. The first-order valence-corrected chi connectivity index (χ1v) is 14.3. The number of nitrogens with zero attached hydrogens (tertiary/aromatic N) is 1. The maximum atomic E-state index is 4.12. The van der Waals surface area contributed by atoms with Gasteiger partial charge in [-0.15, -0.1) is 0 Å². The molecule has 1 fully saturated rings. The zero-order valence-corrected chi connectivity index (χ0v) is 22.0. The largest absolute Gasteiger partial charge is 0.336 e. The fourth-order valence-electron chi connectivity index (χ4n) is 8.03. The van der Waals surface area contributed by atoms with Crippen LogP contribution in [0.2, 0.25) is 0 Å². The van der Waals surface area contributed by atoms with Crippen molar-refractivity contribution in [2.24, 2.45) is 0 Å². The first kappa shape index (κ1) is 22.9. The summed E-state index contributed by atoms with van der Waals surface area (Å²) >= 11 is 0. The Morgan fingerprint density at radius 2 is 1.18 bits per heavy atom. The number of nitrogens with one attached hydrogen (secondary N) is 1. The minimum Gasteiger partial charge on any atom is -0.336 e.